The first kappa shape index (κ1) is 19.2. The average molecular weight is 392 g/mol. The molecule has 0 saturated carbocycles. The molecule has 29 heavy (non-hydrogen) atoms. The van der Waals surface area contributed by atoms with Gasteiger partial charge in [0.2, 0.25) is 0 Å². The average Bonchev–Trinajstić information content (AvgIpc) is 3.01. The molecule has 0 aromatic carbocycles. The van der Waals surface area contributed by atoms with Gasteiger partial charge in [-0.15, -0.1) is 0 Å². The van der Waals surface area contributed by atoms with Crippen molar-refractivity contribution in [1.82, 2.24) is 4.90 Å². The van der Waals surface area contributed by atoms with Crippen molar-refractivity contribution >= 4 is 17.8 Å². The number of nitrogens with zero attached hydrogens (tertiary/aromatic N) is 2. The Morgan fingerprint density at radius 3 is 2.83 bits per heavy atom. The third-order valence-electron chi connectivity index (χ3n) is 5.98. The van der Waals surface area contributed by atoms with E-state index in [4.69, 9.17) is 0 Å². The summed E-state index contributed by atoms with van der Waals surface area (Å²) in [7, 11) is 0. The van der Waals surface area contributed by atoms with Gasteiger partial charge in [-0.25, -0.2) is 14.6 Å². The molecule has 0 aromatic rings. The predicted octanol–water partition coefficient (Wildman–Crippen LogP) is 4.46. The highest BCUT2D eigenvalue weighted by molar-refractivity contribution is 6.40. The number of carboxylic acids is 1. The molecule has 4 aliphatic rings. The third kappa shape index (κ3) is 3.88. The lowest BCUT2D eigenvalue weighted by molar-refractivity contribution is -0.129. The minimum Gasteiger partial charge on any atom is -0.477 e. The van der Waals surface area contributed by atoms with Crippen LogP contribution in [-0.2, 0) is 4.79 Å². The van der Waals surface area contributed by atoms with Gasteiger partial charge in [-0.05, 0) is 49.3 Å². The molecule has 2 heterocycles. The first-order valence-electron chi connectivity index (χ1n) is 9.99. The van der Waals surface area contributed by atoms with Crippen LogP contribution in [0.25, 0.3) is 0 Å². The number of allylic oxidation sites excluding steroid dienone is 8. The van der Waals surface area contributed by atoms with E-state index >= 15 is 0 Å². The normalized spacial score (nSPS) is 34.3. The van der Waals surface area contributed by atoms with E-state index in [0.717, 1.165) is 36.1 Å². The van der Waals surface area contributed by atoms with E-state index in [1.54, 1.807) is 12.3 Å². The minimum absolute atomic E-state index is 0.0191. The first-order valence-corrected chi connectivity index (χ1v) is 9.99. The molecule has 2 aliphatic carbocycles. The molecule has 150 valence electrons. The number of likely N-dealkylation sites (tertiary alicyclic amines) is 1. The van der Waals surface area contributed by atoms with Crippen molar-refractivity contribution in [3.05, 3.63) is 71.7 Å². The van der Waals surface area contributed by atoms with Crippen molar-refractivity contribution in [3.63, 3.8) is 0 Å². The van der Waals surface area contributed by atoms with E-state index in [9.17, 15) is 19.8 Å². The molecule has 1 saturated heterocycles. The number of fused-ring (bicyclic) bond motifs is 5. The molecule has 0 spiro atoms. The molecule has 0 radical (unpaired) electrons. The van der Waals surface area contributed by atoms with Crippen LogP contribution in [0.4, 0.5) is 4.79 Å². The van der Waals surface area contributed by atoms with Crippen molar-refractivity contribution in [2.24, 2.45) is 16.8 Å². The molecule has 3 atom stereocenters. The Balaban J connectivity index is 1.77. The summed E-state index contributed by atoms with van der Waals surface area (Å²) in [5.41, 5.74) is 2.80. The zero-order valence-corrected chi connectivity index (χ0v) is 16.1. The highest BCUT2D eigenvalue weighted by Crippen LogP contribution is 2.46. The molecular formula is C23H24N2O4. The van der Waals surface area contributed by atoms with Gasteiger partial charge in [0.25, 0.3) is 0 Å². The number of amides is 1. The second-order valence-corrected chi connectivity index (χ2v) is 7.76. The number of aliphatic carboxylic acids is 1. The summed E-state index contributed by atoms with van der Waals surface area (Å²) < 4.78 is 0. The second-order valence-electron chi connectivity index (χ2n) is 7.76. The van der Waals surface area contributed by atoms with E-state index in [-0.39, 0.29) is 23.6 Å². The number of carboxylic acid groups (broad SMARTS) is 2. The monoisotopic (exact) mass is 392 g/mol. The summed E-state index contributed by atoms with van der Waals surface area (Å²) in [5.74, 6) is -0.979. The van der Waals surface area contributed by atoms with Crippen LogP contribution in [0.2, 0.25) is 0 Å². The lowest BCUT2D eigenvalue weighted by Gasteiger charge is -2.24. The van der Waals surface area contributed by atoms with E-state index in [1.165, 1.54) is 4.90 Å². The SMILES string of the molecule is O=C(O)C1=N/C=C/C2C3CCCC=C3N(C(=O)O)C2C/C=C/C2=CC=C\C(=C\1)C2. The fourth-order valence-electron chi connectivity index (χ4n) is 4.74. The predicted molar refractivity (Wildman–Crippen MR) is 110 cm³/mol. The Morgan fingerprint density at radius 1 is 1.17 bits per heavy atom. The summed E-state index contributed by atoms with van der Waals surface area (Å²) in [6.45, 7) is 0. The van der Waals surface area contributed by atoms with Gasteiger partial charge >= 0.3 is 12.1 Å². The van der Waals surface area contributed by atoms with E-state index in [0.29, 0.717) is 12.8 Å². The molecule has 6 nitrogen and oxygen atoms in total. The Morgan fingerprint density at radius 2 is 2.03 bits per heavy atom. The van der Waals surface area contributed by atoms with E-state index in [1.807, 2.05) is 42.5 Å². The van der Waals surface area contributed by atoms with Crippen molar-refractivity contribution in [2.75, 3.05) is 0 Å². The largest absolute Gasteiger partial charge is 0.477 e. The fraction of sp³-hybridized carbons (Fsp3) is 0.348. The summed E-state index contributed by atoms with van der Waals surface area (Å²) >= 11 is 0. The van der Waals surface area contributed by atoms with Gasteiger partial charge in [0, 0.05) is 23.7 Å². The Hall–Kier alpha value is -3.15. The van der Waals surface area contributed by atoms with Gasteiger partial charge in [-0.2, -0.15) is 0 Å². The summed E-state index contributed by atoms with van der Waals surface area (Å²) in [5, 5.41) is 19.4. The van der Waals surface area contributed by atoms with Crippen molar-refractivity contribution in [3.8, 4) is 0 Å². The molecule has 2 N–H and O–H groups in total. The highest BCUT2D eigenvalue weighted by atomic mass is 16.4. The van der Waals surface area contributed by atoms with Gasteiger partial charge in [0.15, 0.2) is 0 Å². The molecular weight excluding hydrogens is 368 g/mol. The molecule has 2 aliphatic heterocycles. The van der Waals surface area contributed by atoms with Crippen LogP contribution in [-0.4, -0.2) is 38.9 Å². The fourth-order valence-corrected chi connectivity index (χ4v) is 4.74. The summed E-state index contributed by atoms with van der Waals surface area (Å²) in [4.78, 5) is 29.4. The number of rotatable bonds is 1. The van der Waals surface area contributed by atoms with Crippen LogP contribution in [0.15, 0.2) is 76.6 Å². The topological polar surface area (TPSA) is 90.2 Å². The number of hydrogen-bond donors (Lipinski definition) is 2. The maximum Gasteiger partial charge on any atom is 0.411 e. The smallest absolute Gasteiger partial charge is 0.411 e. The lowest BCUT2D eigenvalue weighted by atomic mass is 9.82. The van der Waals surface area contributed by atoms with Crippen molar-refractivity contribution in [2.45, 2.75) is 38.1 Å². The van der Waals surface area contributed by atoms with Crippen LogP contribution >= 0.6 is 0 Å². The zero-order valence-electron chi connectivity index (χ0n) is 16.1. The number of hydrogen-bond acceptors (Lipinski definition) is 3. The van der Waals surface area contributed by atoms with Gasteiger partial charge in [-0.1, -0.05) is 42.5 Å². The van der Waals surface area contributed by atoms with Crippen molar-refractivity contribution in [1.29, 1.82) is 0 Å². The van der Waals surface area contributed by atoms with Gasteiger partial charge < -0.3 is 10.2 Å². The van der Waals surface area contributed by atoms with Gasteiger partial charge in [0.05, 0.1) is 6.04 Å². The first-order chi connectivity index (χ1) is 14.0. The van der Waals surface area contributed by atoms with Gasteiger partial charge in [-0.3, -0.25) is 4.90 Å². The van der Waals surface area contributed by atoms with Crippen LogP contribution in [0.5, 0.6) is 0 Å². The summed E-state index contributed by atoms with van der Waals surface area (Å²) in [6, 6.07) is -0.217. The standard InChI is InChI=1S/C23H24N2O4/c26-22(27)19-14-16-7-3-5-15(13-16)6-4-10-21-18(11-12-24-19)17-8-1-2-9-20(17)25(21)23(28)29/h3-7,9,11-12,14,17-18,21H,1-2,8,10,13H2,(H,26,27)(H,28,29)/b6-4+,12-11+,16-14-,24-19+. The minimum atomic E-state index is -1.08. The second kappa shape index (κ2) is 8.07. The molecule has 3 unspecified atom stereocenters. The van der Waals surface area contributed by atoms with Crippen molar-refractivity contribution < 1.29 is 19.8 Å². The highest BCUT2D eigenvalue weighted by Gasteiger charge is 2.46. The van der Waals surface area contributed by atoms with Crippen LogP contribution in [0.1, 0.15) is 32.1 Å². The van der Waals surface area contributed by atoms with Crippen LogP contribution in [0.3, 0.4) is 0 Å². The maximum atomic E-state index is 12.1. The molecule has 4 rings (SSSR count). The summed E-state index contributed by atoms with van der Waals surface area (Å²) in [6.07, 6.45) is 20.1. The molecule has 2 bridgehead atoms. The third-order valence-corrected chi connectivity index (χ3v) is 5.98. The molecule has 1 fully saturated rings. The van der Waals surface area contributed by atoms with Crippen LogP contribution in [0, 0.1) is 11.8 Å². The Labute approximate surface area is 169 Å². The Kier molecular flexibility index (Phi) is 5.34. The Bertz CT molecular complexity index is 933. The quantitative estimate of drug-likeness (QED) is 0.689. The van der Waals surface area contributed by atoms with E-state index < -0.39 is 12.1 Å². The molecule has 0 aromatic heterocycles. The zero-order chi connectivity index (χ0) is 20.4. The van der Waals surface area contributed by atoms with Crippen LogP contribution < -0.4 is 0 Å². The number of carbonyl (C=O) groups is 2. The maximum absolute atomic E-state index is 12.1. The van der Waals surface area contributed by atoms with Gasteiger partial charge in [0.1, 0.15) is 5.71 Å². The molecule has 6 heteroatoms. The number of aliphatic imine (C=N–C) groups is 1. The molecule has 1 amide bonds. The van der Waals surface area contributed by atoms with E-state index in [2.05, 4.69) is 4.99 Å². The lowest BCUT2D eigenvalue weighted by Crippen LogP contribution is -2.35.